The van der Waals surface area contributed by atoms with Gasteiger partial charge in [-0.25, -0.2) is 4.79 Å². The Morgan fingerprint density at radius 3 is 2.36 bits per heavy atom. The van der Waals surface area contributed by atoms with Crippen molar-refractivity contribution in [2.24, 2.45) is 0 Å². The molecule has 0 aliphatic carbocycles. The Hall–Kier alpha value is -2.85. The number of aryl methyl sites for hydroxylation is 2. The van der Waals surface area contributed by atoms with Crippen LogP contribution in [0.15, 0.2) is 59.3 Å². The van der Waals surface area contributed by atoms with E-state index in [0.717, 1.165) is 22.4 Å². The first-order valence-corrected chi connectivity index (χ1v) is 9.48. The van der Waals surface area contributed by atoms with Gasteiger partial charge in [0.15, 0.2) is 0 Å². The van der Waals surface area contributed by atoms with Gasteiger partial charge >= 0.3 is 5.97 Å². The number of nitrogens with zero attached hydrogens (tertiary/aromatic N) is 1. The van der Waals surface area contributed by atoms with Gasteiger partial charge in [-0.1, -0.05) is 29.8 Å². The molecule has 3 rings (SSSR count). The van der Waals surface area contributed by atoms with Gasteiger partial charge < -0.3 is 4.74 Å². The number of hydrogen-bond donors (Lipinski definition) is 0. The van der Waals surface area contributed by atoms with Gasteiger partial charge in [-0.3, -0.25) is 9.69 Å². The predicted octanol–water partition coefficient (Wildman–Crippen LogP) is 5.22. The highest BCUT2D eigenvalue weighted by molar-refractivity contribution is 6.30. The molecular weight excluding hydrogens is 374 g/mol. The second kappa shape index (κ2) is 8.03. The van der Waals surface area contributed by atoms with E-state index in [9.17, 15) is 9.59 Å². The molecule has 0 atom stereocenters. The van der Waals surface area contributed by atoms with Crippen LogP contribution in [-0.4, -0.2) is 18.5 Å². The van der Waals surface area contributed by atoms with Crippen molar-refractivity contribution in [3.05, 3.63) is 81.0 Å². The van der Waals surface area contributed by atoms with Crippen LogP contribution in [0.4, 0.5) is 5.69 Å². The third kappa shape index (κ3) is 3.73. The Balaban J connectivity index is 2.13. The molecule has 1 aliphatic rings. The standard InChI is InChI=1S/C23H22ClNO3/c1-5-28-23(27)21-16(4)25(19-11-6-14(2)15(3)12-19)22(26)20(21)13-17-7-9-18(24)10-8-17/h6-13H,5H2,1-4H3/b20-13+. The minimum absolute atomic E-state index is 0.238. The molecule has 1 heterocycles. The van der Waals surface area contributed by atoms with Crippen molar-refractivity contribution in [3.8, 4) is 0 Å². The van der Waals surface area contributed by atoms with Crippen LogP contribution < -0.4 is 4.90 Å². The minimum atomic E-state index is -0.500. The summed E-state index contributed by atoms with van der Waals surface area (Å²) in [7, 11) is 0. The summed E-state index contributed by atoms with van der Waals surface area (Å²) in [6.45, 7) is 7.76. The van der Waals surface area contributed by atoms with E-state index in [4.69, 9.17) is 16.3 Å². The summed E-state index contributed by atoms with van der Waals surface area (Å²) < 4.78 is 5.22. The predicted molar refractivity (Wildman–Crippen MR) is 112 cm³/mol. The van der Waals surface area contributed by atoms with Gasteiger partial charge in [-0.15, -0.1) is 0 Å². The maximum absolute atomic E-state index is 13.3. The number of amides is 1. The summed E-state index contributed by atoms with van der Waals surface area (Å²) in [5.74, 6) is -0.751. The molecule has 2 aromatic rings. The van der Waals surface area contributed by atoms with Gasteiger partial charge in [0.2, 0.25) is 0 Å². The highest BCUT2D eigenvalue weighted by Gasteiger charge is 2.38. The topological polar surface area (TPSA) is 46.6 Å². The maximum atomic E-state index is 13.3. The monoisotopic (exact) mass is 395 g/mol. The number of benzene rings is 2. The number of ether oxygens (including phenoxy) is 1. The highest BCUT2D eigenvalue weighted by Crippen LogP contribution is 2.36. The van der Waals surface area contributed by atoms with Crippen molar-refractivity contribution in [2.75, 3.05) is 11.5 Å². The van der Waals surface area contributed by atoms with E-state index in [1.807, 2.05) is 32.0 Å². The second-order valence-electron chi connectivity index (χ2n) is 6.70. The Kier molecular flexibility index (Phi) is 5.71. The molecular formula is C23H22ClNO3. The lowest BCUT2D eigenvalue weighted by atomic mass is 10.0. The lowest BCUT2D eigenvalue weighted by Gasteiger charge is -2.19. The van der Waals surface area contributed by atoms with E-state index < -0.39 is 5.97 Å². The molecule has 1 amide bonds. The molecule has 0 saturated heterocycles. The number of halogens is 1. The van der Waals surface area contributed by atoms with E-state index in [-0.39, 0.29) is 12.5 Å². The lowest BCUT2D eigenvalue weighted by molar-refractivity contribution is -0.138. The summed E-state index contributed by atoms with van der Waals surface area (Å²) in [5.41, 5.74) is 4.89. The summed E-state index contributed by atoms with van der Waals surface area (Å²) in [6.07, 6.45) is 1.70. The third-order valence-corrected chi connectivity index (χ3v) is 5.06. The molecule has 0 saturated carbocycles. The van der Waals surface area contributed by atoms with Crippen molar-refractivity contribution in [3.63, 3.8) is 0 Å². The van der Waals surface area contributed by atoms with Crippen LogP contribution in [0.25, 0.3) is 6.08 Å². The van der Waals surface area contributed by atoms with Gasteiger partial charge in [0.25, 0.3) is 5.91 Å². The van der Waals surface area contributed by atoms with Crippen LogP contribution in [0.3, 0.4) is 0 Å². The molecule has 5 heteroatoms. The number of hydrogen-bond acceptors (Lipinski definition) is 3. The fourth-order valence-corrected chi connectivity index (χ4v) is 3.31. The molecule has 0 spiro atoms. The number of anilines is 1. The second-order valence-corrected chi connectivity index (χ2v) is 7.14. The number of allylic oxidation sites excluding steroid dienone is 1. The minimum Gasteiger partial charge on any atom is -0.462 e. The van der Waals surface area contributed by atoms with E-state index in [1.165, 1.54) is 0 Å². The van der Waals surface area contributed by atoms with Crippen molar-refractivity contribution >= 4 is 35.2 Å². The van der Waals surface area contributed by atoms with Crippen LogP contribution in [-0.2, 0) is 14.3 Å². The maximum Gasteiger partial charge on any atom is 0.340 e. The molecule has 0 aromatic heterocycles. The average Bonchev–Trinajstić information content (AvgIpc) is 2.90. The Morgan fingerprint density at radius 2 is 1.75 bits per heavy atom. The fraction of sp³-hybridized carbons (Fsp3) is 0.217. The Labute approximate surface area is 170 Å². The number of carbonyl (C=O) groups excluding carboxylic acids is 2. The molecule has 28 heavy (non-hydrogen) atoms. The highest BCUT2D eigenvalue weighted by atomic mass is 35.5. The Morgan fingerprint density at radius 1 is 1.07 bits per heavy atom. The SMILES string of the molecule is CCOC(=O)C1=C(C)N(c2ccc(C)c(C)c2)C(=O)/C1=C/c1ccc(Cl)cc1. The molecule has 4 nitrogen and oxygen atoms in total. The van der Waals surface area contributed by atoms with Crippen molar-refractivity contribution in [1.29, 1.82) is 0 Å². The zero-order chi connectivity index (χ0) is 20.4. The van der Waals surface area contributed by atoms with Gasteiger partial charge in [0.1, 0.15) is 0 Å². The molecule has 0 bridgehead atoms. The quantitative estimate of drug-likeness (QED) is 0.526. The van der Waals surface area contributed by atoms with E-state index in [1.54, 1.807) is 49.1 Å². The fourth-order valence-electron chi connectivity index (χ4n) is 3.18. The summed E-state index contributed by atoms with van der Waals surface area (Å²) in [5, 5.41) is 0.606. The van der Waals surface area contributed by atoms with Crippen LogP contribution in [0, 0.1) is 13.8 Å². The third-order valence-electron chi connectivity index (χ3n) is 4.81. The first-order chi connectivity index (χ1) is 13.3. The van der Waals surface area contributed by atoms with Gasteiger partial charge in [-0.2, -0.15) is 0 Å². The molecule has 0 unspecified atom stereocenters. The Bertz CT molecular complexity index is 1000. The molecule has 144 valence electrons. The molecule has 0 radical (unpaired) electrons. The average molecular weight is 396 g/mol. The van der Waals surface area contributed by atoms with Crippen molar-refractivity contribution in [2.45, 2.75) is 27.7 Å². The molecule has 1 aliphatic heterocycles. The van der Waals surface area contributed by atoms with E-state index in [0.29, 0.717) is 21.9 Å². The van der Waals surface area contributed by atoms with Gasteiger partial charge in [0, 0.05) is 16.4 Å². The lowest BCUT2D eigenvalue weighted by Crippen LogP contribution is -2.24. The van der Waals surface area contributed by atoms with Crippen LogP contribution >= 0.6 is 11.6 Å². The first-order valence-electron chi connectivity index (χ1n) is 9.10. The molecule has 0 fully saturated rings. The normalized spacial score (nSPS) is 15.5. The number of rotatable bonds is 4. The molecule has 2 aromatic carbocycles. The zero-order valence-electron chi connectivity index (χ0n) is 16.4. The summed E-state index contributed by atoms with van der Waals surface area (Å²) in [6, 6.07) is 12.9. The molecule has 0 N–H and O–H groups in total. The van der Waals surface area contributed by atoms with E-state index in [2.05, 4.69) is 0 Å². The first kappa shape index (κ1) is 19.9. The van der Waals surface area contributed by atoms with Crippen LogP contribution in [0.2, 0.25) is 5.02 Å². The van der Waals surface area contributed by atoms with E-state index >= 15 is 0 Å². The summed E-state index contributed by atoms with van der Waals surface area (Å²) >= 11 is 5.95. The van der Waals surface area contributed by atoms with Gasteiger partial charge in [0.05, 0.1) is 17.8 Å². The van der Waals surface area contributed by atoms with Gasteiger partial charge in [-0.05, 0) is 74.7 Å². The van der Waals surface area contributed by atoms with Crippen molar-refractivity contribution < 1.29 is 14.3 Å². The number of esters is 1. The number of carbonyl (C=O) groups is 2. The van der Waals surface area contributed by atoms with Crippen LogP contribution in [0.1, 0.15) is 30.5 Å². The van der Waals surface area contributed by atoms with Crippen LogP contribution in [0.5, 0.6) is 0 Å². The van der Waals surface area contributed by atoms with Crippen molar-refractivity contribution in [1.82, 2.24) is 0 Å². The summed E-state index contributed by atoms with van der Waals surface area (Å²) in [4.78, 5) is 27.5. The largest absolute Gasteiger partial charge is 0.462 e. The zero-order valence-corrected chi connectivity index (χ0v) is 17.1. The smallest absolute Gasteiger partial charge is 0.340 e.